The molecule has 0 aromatic rings. The fourth-order valence-corrected chi connectivity index (χ4v) is 0. The van der Waals surface area contributed by atoms with Gasteiger partial charge in [-0.3, -0.25) is 0 Å². The van der Waals surface area contributed by atoms with E-state index in [9.17, 15) is 0 Å². The summed E-state index contributed by atoms with van der Waals surface area (Å²) >= 11 is 0. The van der Waals surface area contributed by atoms with Crippen molar-refractivity contribution in [2.45, 2.75) is 83.1 Å². The summed E-state index contributed by atoms with van der Waals surface area (Å²) < 4.78 is 0. The second kappa shape index (κ2) is 25.4. The van der Waals surface area contributed by atoms with Crippen molar-refractivity contribution < 1.29 is 16.5 Å². The summed E-state index contributed by atoms with van der Waals surface area (Å²) in [5.74, 6) is 5.67. The quantitative estimate of drug-likeness (QED) is 0.353. The van der Waals surface area contributed by atoms with E-state index in [4.69, 9.17) is 0 Å². The Kier molecular flexibility index (Phi) is 45.5. The number of hydrogen-bond donors (Lipinski definition) is 0. The zero-order chi connectivity index (χ0) is 14.3. The summed E-state index contributed by atoms with van der Waals surface area (Å²) in [6, 6.07) is 0. The third kappa shape index (κ3) is 14200. The first-order valence-corrected chi connectivity index (χ1v) is 6.00. The molecule has 0 rings (SSSR count). The van der Waals surface area contributed by atoms with Gasteiger partial charge in [-0.1, -0.05) is 0 Å². The predicted molar refractivity (Wildman–Crippen MR) is 81.1 cm³/mol. The van der Waals surface area contributed by atoms with E-state index < -0.39 is 0 Å². The molecule has 0 aromatic heterocycles. The summed E-state index contributed by atoms with van der Waals surface area (Å²) in [6.45, 7) is 25.0. The molecule has 0 aliphatic heterocycles. The van der Waals surface area contributed by atoms with Crippen molar-refractivity contribution in [3.8, 4) is 0 Å². The molecular formula is C16H36Ni-4. The molecule has 0 radical (unpaired) electrons. The Hall–Kier alpha value is 0.494. The standard InChI is InChI=1S/4C4H9.Ni/c4*1-4(2)3;/h4*1-3H3;/q4*-1;. The summed E-state index contributed by atoms with van der Waals surface area (Å²) in [5.41, 5.74) is 0. The average Bonchev–Trinajstić information content (AvgIpc) is 1.76. The van der Waals surface area contributed by atoms with Crippen LogP contribution in [-0.4, -0.2) is 0 Å². The molecule has 17 heavy (non-hydrogen) atoms. The van der Waals surface area contributed by atoms with Crippen LogP contribution in [0.1, 0.15) is 83.1 Å². The van der Waals surface area contributed by atoms with Crippen LogP contribution < -0.4 is 0 Å². The van der Waals surface area contributed by atoms with E-state index in [1.807, 2.05) is 0 Å². The maximum atomic E-state index is 2.08. The van der Waals surface area contributed by atoms with E-state index in [-0.39, 0.29) is 16.5 Å². The van der Waals surface area contributed by atoms with Crippen LogP contribution in [0.15, 0.2) is 0 Å². The summed E-state index contributed by atoms with van der Waals surface area (Å²) in [6.07, 6.45) is 0. The largest absolute Gasteiger partial charge is 0.323 e. The van der Waals surface area contributed by atoms with Crippen molar-refractivity contribution in [1.29, 1.82) is 0 Å². The third-order valence-electron chi connectivity index (χ3n) is 0. The van der Waals surface area contributed by atoms with Crippen molar-refractivity contribution in [2.24, 2.45) is 0 Å². The van der Waals surface area contributed by atoms with Gasteiger partial charge in [0.2, 0.25) is 0 Å². The average molecular weight is 287 g/mol. The van der Waals surface area contributed by atoms with E-state index in [1.54, 1.807) is 0 Å². The fraction of sp³-hybridized carbons (Fsp3) is 0.750. The first-order valence-electron chi connectivity index (χ1n) is 6.00. The first kappa shape index (κ1) is 30.5. The molecule has 0 N–H and O–H groups in total. The molecule has 0 atom stereocenters. The van der Waals surface area contributed by atoms with Gasteiger partial charge < -0.3 is 23.7 Å². The Morgan fingerprint density at radius 1 is 0.294 bits per heavy atom. The van der Waals surface area contributed by atoms with Crippen molar-refractivity contribution in [3.63, 3.8) is 0 Å². The Morgan fingerprint density at radius 2 is 0.294 bits per heavy atom. The summed E-state index contributed by atoms with van der Waals surface area (Å²) in [5, 5.41) is 0. The molecule has 0 aromatic carbocycles. The van der Waals surface area contributed by atoms with Gasteiger partial charge in [0, 0.05) is 16.5 Å². The van der Waals surface area contributed by atoms with Gasteiger partial charge in [-0.15, -0.1) is 0 Å². The van der Waals surface area contributed by atoms with Crippen LogP contribution in [0.4, 0.5) is 0 Å². The zero-order valence-electron chi connectivity index (χ0n) is 14.3. The topological polar surface area (TPSA) is 0 Å². The minimum Gasteiger partial charge on any atom is -0.323 e. The molecule has 0 unspecified atom stereocenters. The molecule has 114 valence electrons. The maximum Gasteiger partial charge on any atom is 0 e. The molecule has 0 aliphatic rings. The van der Waals surface area contributed by atoms with Gasteiger partial charge in [-0.05, 0) is 0 Å². The Balaban J connectivity index is -0.0000000369. The van der Waals surface area contributed by atoms with Gasteiger partial charge >= 0.3 is 0 Å². The predicted octanol–water partition coefficient (Wildman–Crippen LogP) is 6.48. The van der Waals surface area contributed by atoms with Gasteiger partial charge in [0.25, 0.3) is 0 Å². The molecule has 1 heteroatoms. The Labute approximate surface area is 123 Å². The van der Waals surface area contributed by atoms with Crippen molar-refractivity contribution in [2.75, 3.05) is 0 Å². The second-order valence-electron chi connectivity index (χ2n) is 6.00. The molecular weight excluding hydrogens is 251 g/mol. The molecule has 0 fully saturated rings. The first-order chi connectivity index (χ1) is 6.93. The monoisotopic (exact) mass is 286 g/mol. The van der Waals surface area contributed by atoms with Crippen LogP contribution in [0.3, 0.4) is 0 Å². The molecule has 0 saturated carbocycles. The minimum absolute atomic E-state index is 0. The van der Waals surface area contributed by atoms with E-state index in [0.29, 0.717) is 0 Å². The number of rotatable bonds is 0. The van der Waals surface area contributed by atoms with Crippen LogP contribution in [0.5, 0.6) is 0 Å². The normalized spacial score (nSPS) is 8.47. The Bertz CT molecular complexity index is 48.5. The van der Waals surface area contributed by atoms with E-state index >= 15 is 0 Å². The zero-order valence-corrected chi connectivity index (χ0v) is 15.3. The van der Waals surface area contributed by atoms with E-state index in [0.717, 1.165) is 0 Å². The van der Waals surface area contributed by atoms with E-state index in [2.05, 4.69) is 83.1 Å². The van der Waals surface area contributed by atoms with Gasteiger partial charge in [-0.25, -0.2) is 0 Å². The van der Waals surface area contributed by atoms with Crippen molar-refractivity contribution in [3.05, 3.63) is 23.7 Å². The minimum atomic E-state index is 0. The van der Waals surface area contributed by atoms with Gasteiger partial charge in [0.15, 0.2) is 0 Å². The van der Waals surface area contributed by atoms with Crippen LogP contribution in [0, 0.1) is 23.7 Å². The van der Waals surface area contributed by atoms with E-state index in [1.165, 1.54) is 23.7 Å². The molecule has 0 saturated heterocycles. The van der Waals surface area contributed by atoms with Crippen LogP contribution in [0.25, 0.3) is 0 Å². The molecule has 0 heterocycles. The fourth-order valence-electron chi connectivity index (χ4n) is 0. The van der Waals surface area contributed by atoms with Crippen LogP contribution in [0.2, 0.25) is 0 Å². The summed E-state index contributed by atoms with van der Waals surface area (Å²) in [4.78, 5) is 0. The molecule has 0 nitrogen and oxygen atoms in total. The van der Waals surface area contributed by atoms with Crippen LogP contribution >= 0.6 is 0 Å². The smallest absolute Gasteiger partial charge is 0 e. The summed E-state index contributed by atoms with van der Waals surface area (Å²) in [7, 11) is 0. The molecule has 0 spiro atoms. The third-order valence-corrected chi connectivity index (χ3v) is 0. The van der Waals surface area contributed by atoms with Crippen LogP contribution in [-0.2, 0) is 16.5 Å². The van der Waals surface area contributed by atoms with Gasteiger partial charge in [0.05, 0.1) is 0 Å². The van der Waals surface area contributed by atoms with Crippen molar-refractivity contribution in [1.82, 2.24) is 0 Å². The van der Waals surface area contributed by atoms with Gasteiger partial charge in [0.1, 0.15) is 0 Å². The SMILES string of the molecule is C[C-](C)C.C[C-](C)C.C[C-](C)C.C[C-](C)C.[Ni]. The molecule has 0 aliphatic carbocycles. The Morgan fingerprint density at radius 3 is 0.294 bits per heavy atom. The number of hydrogen-bond acceptors (Lipinski definition) is 0. The van der Waals surface area contributed by atoms with Crippen molar-refractivity contribution >= 4 is 0 Å². The maximum absolute atomic E-state index is 2.08. The van der Waals surface area contributed by atoms with Gasteiger partial charge in [-0.2, -0.15) is 83.1 Å². The second-order valence-corrected chi connectivity index (χ2v) is 6.00. The molecule has 0 bridgehead atoms. The molecule has 0 amide bonds.